The Hall–Kier alpha value is -1.30. The molecule has 0 aromatic rings. The molecular weight excluding hydrogens is 332 g/mol. The van der Waals surface area contributed by atoms with Crippen LogP contribution >= 0.6 is 0 Å². The van der Waals surface area contributed by atoms with Crippen molar-refractivity contribution in [2.24, 2.45) is 11.3 Å². The molecular formula is C20H34N2O4. The van der Waals surface area contributed by atoms with Gasteiger partial charge in [-0.15, -0.1) is 0 Å². The summed E-state index contributed by atoms with van der Waals surface area (Å²) >= 11 is 0. The number of carboxylic acids is 1. The molecule has 3 fully saturated rings. The van der Waals surface area contributed by atoms with Crippen molar-refractivity contribution in [1.82, 2.24) is 9.80 Å². The molecule has 0 radical (unpaired) electrons. The van der Waals surface area contributed by atoms with Crippen molar-refractivity contribution >= 4 is 12.1 Å². The topological polar surface area (TPSA) is 70.1 Å². The van der Waals surface area contributed by atoms with Gasteiger partial charge in [0.2, 0.25) is 0 Å². The predicted molar refractivity (Wildman–Crippen MR) is 99.0 cm³/mol. The minimum absolute atomic E-state index is 0.0292. The van der Waals surface area contributed by atoms with Gasteiger partial charge >= 0.3 is 12.1 Å². The van der Waals surface area contributed by atoms with Gasteiger partial charge in [-0.3, -0.25) is 9.69 Å². The van der Waals surface area contributed by atoms with Crippen molar-refractivity contribution in [3.8, 4) is 0 Å². The normalized spacial score (nSPS) is 29.3. The summed E-state index contributed by atoms with van der Waals surface area (Å²) in [6.07, 6.45) is 7.16. The Bertz CT molecular complexity index is 538. The molecule has 148 valence electrons. The first kappa shape index (κ1) is 19.5. The number of ether oxygens (including phenoxy) is 1. The summed E-state index contributed by atoms with van der Waals surface area (Å²) in [5.41, 5.74) is -0.455. The molecule has 3 rings (SSSR count). The number of carbonyl (C=O) groups excluding carboxylic acids is 1. The molecule has 3 aliphatic rings. The van der Waals surface area contributed by atoms with Crippen LogP contribution in [-0.2, 0) is 9.53 Å². The van der Waals surface area contributed by atoms with E-state index >= 15 is 0 Å². The predicted octanol–water partition coefficient (Wildman–Crippen LogP) is 3.35. The van der Waals surface area contributed by atoms with Gasteiger partial charge in [0.25, 0.3) is 0 Å². The number of piperidine rings is 1. The molecule has 2 heterocycles. The van der Waals surface area contributed by atoms with Crippen LogP contribution < -0.4 is 0 Å². The zero-order valence-corrected chi connectivity index (χ0v) is 16.5. The molecule has 0 unspecified atom stereocenters. The smallest absolute Gasteiger partial charge is 0.410 e. The van der Waals surface area contributed by atoms with E-state index in [0.717, 1.165) is 58.0 Å². The first-order chi connectivity index (χ1) is 12.2. The van der Waals surface area contributed by atoms with Crippen LogP contribution in [0.2, 0.25) is 0 Å². The molecule has 2 atom stereocenters. The van der Waals surface area contributed by atoms with Crippen molar-refractivity contribution in [3.05, 3.63) is 0 Å². The number of aliphatic carboxylic acids is 1. The second-order valence-corrected chi connectivity index (χ2v) is 9.55. The quantitative estimate of drug-likeness (QED) is 0.829. The third kappa shape index (κ3) is 4.33. The van der Waals surface area contributed by atoms with Crippen molar-refractivity contribution in [3.63, 3.8) is 0 Å². The van der Waals surface area contributed by atoms with Crippen molar-refractivity contribution in [1.29, 1.82) is 0 Å². The van der Waals surface area contributed by atoms with E-state index < -0.39 is 11.6 Å². The summed E-state index contributed by atoms with van der Waals surface area (Å²) in [4.78, 5) is 28.4. The van der Waals surface area contributed by atoms with Gasteiger partial charge in [0, 0.05) is 25.0 Å². The molecule has 2 aliphatic heterocycles. The molecule has 6 heteroatoms. The molecule has 0 bridgehead atoms. The van der Waals surface area contributed by atoms with Gasteiger partial charge in [0.05, 0.1) is 0 Å². The second kappa shape index (κ2) is 7.37. The van der Waals surface area contributed by atoms with Gasteiger partial charge in [-0.05, 0) is 65.3 Å². The SMILES string of the molecule is CC(C)(C)OC(=O)N1CC[C@@]2(CCCN([C@H](C(=O)O)C3CCCC3)C2)C1. The van der Waals surface area contributed by atoms with Gasteiger partial charge in [0.1, 0.15) is 11.6 Å². The minimum Gasteiger partial charge on any atom is -0.480 e. The zero-order valence-electron chi connectivity index (χ0n) is 16.5. The average Bonchev–Trinajstić information content (AvgIpc) is 3.16. The number of hydrogen-bond acceptors (Lipinski definition) is 4. The highest BCUT2D eigenvalue weighted by molar-refractivity contribution is 5.74. The second-order valence-electron chi connectivity index (χ2n) is 9.55. The van der Waals surface area contributed by atoms with E-state index in [1.807, 2.05) is 25.7 Å². The third-order valence-corrected chi connectivity index (χ3v) is 6.27. The summed E-state index contributed by atoms with van der Waals surface area (Å²) in [5.74, 6) is -0.387. The Labute approximate surface area is 156 Å². The van der Waals surface area contributed by atoms with Crippen LogP contribution in [-0.4, -0.2) is 64.8 Å². The van der Waals surface area contributed by atoms with E-state index in [1.165, 1.54) is 0 Å². The molecule has 6 nitrogen and oxygen atoms in total. The lowest BCUT2D eigenvalue weighted by molar-refractivity contribution is -0.147. The summed E-state index contributed by atoms with van der Waals surface area (Å²) in [7, 11) is 0. The number of nitrogens with zero attached hydrogens (tertiary/aromatic N) is 2. The molecule has 0 aromatic heterocycles. The van der Waals surface area contributed by atoms with Gasteiger partial charge in [0.15, 0.2) is 0 Å². The number of carbonyl (C=O) groups is 2. The Morgan fingerprint density at radius 2 is 1.77 bits per heavy atom. The number of rotatable bonds is 3. The van der Waals surface area contributed by atoms with E-state index in [2.05, 4.69) is 4.90 Å². The Balaban J connectivity index is 1.66. The molecule has 1 N–H and O–H groups in total. The van der Waals surface area contributed by atoms with Crippen LogP contribution in [0.15, 0.2) is 0 Å². The monoisotopic (exact) mass is 366 g/mol. The summed E-state index contributed by atoms with van der Waals surface area (Å²) in [6.45, 7) is 8.72. The molecule has 1 amide bonds. The maximum atomic E-state index is 12.4. The Morgan fingerprint density at radius 3 is 2.38 bits per heavy atom. The van der Waals surface area contributed by atoms with Crippen LogP contribution in [0.4, 0.5) is 4.79 Å². The summed E-state index contributed by atoms with van der Waals surface area (Å²) in [6, 6.07) is -0.356. The van der Waals surface area contributed by atoms with Gasteiger partial charge in [-0.2, -0.15) is 0 Å². The van der Waals surface area contributed by atoms with Crippen LogP contribution in [0.3, 0.4) is 0 Å². The van der Waals surface area contributed by atoms with E-state index in [1.54, 1.807) is 0 Å². The third-order valence-electron chi connectivity index (χ3n) is 6.27. The van der Waals surface area contributed by atoms with Crippen molar-refractivity contribution in [2.75, 3.05) is 26.2 Å². The molecule has 1 saturated carbocycles. The van der Waals surface area contributed by atoms with Crippen LogP contribution in [0.5, 0.6) is 0 Å². The molecule has 1 spiro atoms. The van der Waals surface area contributed by atoms with E-state index in [4.69, 9.17) is 4.74 Å². The maximum Gasteiger partial charge on any atom is 0.410 e. The minimum atomic E-state index is -0.670. The lowest BCUT2D eigenvalue weighted by atomic mass is 9.78. The van der Waals surface area contributed by atoms with Gasteiger partial charge in [-0.25, -0.2) is 4.79 Å². The number of amides is 1. The van der Waals surface area contributed by atoms with E-state index in [9.17, 15) is 14.7 Å². The Morgan fingerprint density at radius 1 is 1.08 bits per heavy atom. The van der Waals surface area contributed by atoms with Crippen molar-refractivity contribution in [2.45, 2.75) is 77.4 Å². The summed E-state index contributed by atoms with van der Waals surface area (Å²) < 4.78 is 5.53. The highest BCUT2D eigenvalue weighted by atomic mass is 16.6. The van der Waals surface area contributed by atoms with Crippen LogP contribution in [0.25, 0.3) is 0 Å². The fourth-order valence-electron chi connectivity index (χ4n) is 5.16. The molecule has 0 aromatic carbocycles. The van der Waals surface area contributed by atoms with Crippen LogP contribution in [0.1, 0.15) is 65.7 Å². The van der Waals surface area contributed by atoms with Gasteiger partial charge < -0.3 is 14.7 Å². The molecule has 2 saturated heterocycles. The van der Waals surface area contributed by atoms with Gasteiger partial charge in [-0.1, -0.05) is 12.8 Å². The largest absolute Gasteiger partial charge is 0.480 e. The zero-order chi connectivity index (χ0) is 18.9. The maximum absolute atomic E-state index is 12.4. The summed E-state index contributed by atoms with van der Waals surface area (Å²) in [5, 5.41) is 9.86. The molecule has 26 heavy (non-hydrogen) atoms. The number of carboxylic acid groups (broad SMARTS) is 1. The van der Waals surface area contributed by atoms with E-state index in [0.29, 0.717) is 13.1 Å². The van der Waals surface area contributed by atoms with Crippen LogP contribution in [0, 0.1) is 11.3 Å². The average molecular weight is 367 g/mol. The first-order valence-corrected chi connectivity index (χ1v) is 10.1. The standard InChI is InChI=1S/C20H34N2O4/c1-19(2,3)26-18(25)22-12-10-20(14-22)9-6-11-21(13-20)16(17(23)24)15-7-4-5-8-15/h15-16H,4-14H2,1-3H3,(H,23,24)/t16-,20+/m0/s1. The Kier molecular flexibility index (Phi) is 5.52. The fraction of sp³-hybridized carbons (Fsp3) is 0.900. The number of likely N-dealkylation sites (tertiary alicyclic amines) is 2. The van der Waals surface area contributed by atoms with E-state index in [-0.39, 0.29) is 23.5 Å². The fourth-order valence-corrected chi connectivity index (χ4v) is 5.16. The lowest BCUT2D eigenvalue weighted by Crippen LogP contribution is -2.54. The molecule has 1 aliphatic carbocycles. The first-order valence-electron chi connectivity index (χ1n) is 10.1. The van der Waals surface area contributed by atoms with Crippen molar-refractivity contribution < 1.29 is 19.4 Å². The number of hydrogen-bond donors (Lipinski definition) is 1. The lowest BCUT2D eigenvalue weighted by Gasteiger charge is -2.44. The highest BCUT2D eigenvalue weighted by Crippen LogP contribution is 2.41. The highest BCUT2D eigenvalue weighted by Gasteiger charge is 2.47.